The summed E-state index contributed by atoms with van der Waals surface area (Å²) in [6.45, 7) is 15.1. The number of amides is 2. The van der Waals surface area contributed by atoms with Crippen LogP contribution in [0.4, 0.5) is 10.5 Å². The number of carboxylic acids is 1. The highest BCUT2D eigenvalue weighted by atomic mass is 32.1. The normalized spacial score (nSPS) is 11.9. The number of fused-ring (bicyclic) bond motifs is 2. The summed E-state index contributed by atoms with van der Waals surface area (Å²) in [5.74, 6) is -0.921. The summed E-state index contributed by atoms with van der Waals surface area (Å²) in [4.78, 5) is 42.3. The van der Waals surface area contributed by atoms with E-state index in [1.807, 2.05) is 65.8 Å². The van der Waals surface area contributed by atoms with Gasteiger partial charge in [-0.15, -0.1) is 0 Å². The third-order valence-corrected chi connectivity index (χ3v) is 8.45. The fourth-order valence-electron chi connectivity index (χ4n) is 5.61. The molecule has 0 aromatic heterocycles. The number of carbonyl (C=O) groups is 3. The monoisotopic (exact) mass is 734 g/mol. The van der Waals surface area contributed by atoms with E-state index in [0.717, 1.165) is 39.7 Å². The summed E-state index contributed by atoms with van der Waals surface area (Å²) < 4.78 is 22.4. The van der Waals surface area contributed by atoms with E-state index in [1.54, 1.807) is 6.07 Å². The van der Waals surface area contributed by atoms with Crippen molar-refractivity contribution in [3.8, 4) is 22.5 Å². The van der Waals surface area contributed by atoms with Gasteiger partial charge in [0, 0.05) is 70.8 Å². The summed E-state index contributed by atoms with van der Waals surface area (Å²) in [5.41, 5.74) is 5.52. The molecule has 1 aliphatic heterocycles. The van der Waals surface area contributed by atoms with Gasteiger partial charge in [-0.05, 0) is 81.1 Å². The summed E-state index contributed by atoms with van der Waals surface area (Å²) in [5, 5.41) is 20.7. The number of carboxylic acid groups (broad SMARTS) is 1. The predicted octanol–water partition coefficient (Wildman–Crippen LogP) is 6.46. The van der Waals surface area contributed by atoms with Crippen molar-refractivity contribution < 1.29 is 38.1 Å². The highest BCUT2D eigenvalue weighted by Crippen LogP contribution is 2.43. The van der Waals surface area contributed by atoms with Crippen molar-refractivity contribution in [1.29, 1.82) is 0 Å². The van der Waals surface area contributed by atoms with E-state index in [9.17, 15) is 19.5 Å². The van der Waals surface area contributed by atoms with Crippen LogP contribution in [-0.2, 0) is 14.2 Å². The summed E-state index contributed by atoms with van der Waals surface area (Å²) in [6.07, 6.45) is 0.143. The second-order valence-corrected chi connectivity index (χ2v) is 14.2. The van der Waals surface area contributed by atoms with Crippen LogP contribution in [0.25, 0.3) is 33.4 Å². The van der Waals surface area contributed by atoms with Crippen molar-refractivity contribution in [3.63, 3.8) is 0 Å². The lowest BCUT2D eigenvalue weighted by Crippen LogP contribution is -2.29. The molecule has 0 saturated carbocycles. The van der Waals surface area contributed by atoms with Crippen molar-refractivity contribution in [2.24, 2.45) is 4.99 Å². The first-order valence-corrected chi connectivity index (χ1v) is 18.0. The van der Waals surface area contributed by atoms with E-state index >= 15 is 0 Å². The standard InChI is InChI=1S/C39H50N4O8S/c1-7-40-31-22-33-29(19-24(31)3)35(30-20-25(4)32(41-8-2)23-34(30)51-33)28-21-26(9-10-27(28)37(45)46)36(44)42-12-15-48-17-18-49-16-13-43-38(47)50-14-11-39(5,6)52/h9-10,19-23,40,52H,7-8,11-18H2,1-6H3,(H,42,44)(H,43,47)(H,45,46). The number of hydrogen-bond acceptors (Lipinski definition) is 10. The van der Waals surface area contributed by atoms with Gasteiger partial charge in [0.05, 0.1) is 44.0 Å². The minimum Gasteiger partial charge on any atom is -0.478 e. The first-order chi connectivity index (χ1) is 24.8. The van der Waals surface area contributed by atoms with Crippen molar-refractivity contribution >= 4 is 47.3 Å². The maximum absolute atomic E-state index is 13.3. The number of nitrogens with zero attached hydrogens (tertiary/aromatic N) is 1. The predicted molar refractivity (Wildman–Crippen MR) is 206 cm³/mol. The highest BCUT2D eigenvalue weighted by Gasteiger charge is 2.24. The van der Waals surface area contributed by atoms with Crippen LogP contribution in [0.3, 0.4) is 0 Å². The van der Waals surface area contributed by atoms with Crippen LogP contribution in [0.15, 0.2) is 51.9 Å². The SMILES string of the molecule is CCN=c1cc2oc3cc(NCC)c(C)cc3c(-c3cc(C(=O)NCCOCCOCCNC(=O)OCCC(C)(C)S)ccc3C(=O)O)c-2cc1C. The van der Waals surface area contributed by atoms with E-state index in [1.165, 1.54) is 12.1 Å². The Hall–Kier alpha value is -4.59. The average molecular weight is 735 g/mol. The van der Waals surface area contributed by atoms with Crippen LogP contribution >= 0.6 is 12.6 Å². The Morgan fingerprint density at radius 3 is 2.25 bits per heavy atom. The molecule has 0 fully saturated rings. The number of nitrogens with one attached hydrogen (secondary N) is 3. The number of carbonyl (C=O) groups excluding carboxylic acids is 2. The van der Waals surface area contributed by atoms with Gasteiger partial charge < -0.3 is 39.7 Å². The van der Waals surface area contributed by atoms with Gasteiger partial charge in [-0.25, -0.2) is 9.59 Å². The van der Waals surface area contributed by atoms with Crippen LogP contribution in [0, 0.1) is 13.8 Å². The van der Waals surface area contributed by atoms with Gasteiger partial charge in [0.25, 0.3) is 5.91 Å². The molecule has 0 saturated heterocycles. The molecule has 0 unspecified atom stereocenters. The van der Waals surface area contributed by atoms with Gasteiger partial charge in [0.2, 0.25) is 0 Å². The Morgan fingerprint density at radius 1 is 0.885 bits per heavy atom. The maximum Gasteiger partial charge on any atom is 0.407 e. The number of ether oxygens (including phenoxy) is 3. The van der Waals surface area contributed by atoms with Gasteiger partial charge in [0.1, 0.15) is 11.3 Å². The number of aromatic carboxylic acids is 1. The maximum atomic E-state index is 13.3. The van der Waals surface area contributed by atoms with E-state index in [4.69, 9.17) is 18.6 Å². The van der Waals surface area contributed by atoms with E-state index in [-0.39, 0.29) is 36.0 Å². The topological polar surface area (TPSA) is 161 Å². The van der Waals surface area contributed by atoms with Crippen LogP contribution in [-0.4, -0.2) is 87.0 Å². The quantitative estimate of drug-likeness (QED) is 0.0439. The van der Waals surface area contributed by atoms with Gasteiger partial charge in [-0.3, -0.25) is 9.79 Å². The summed E-state index contributed by atoms with van der Waals surface area (Å²) in [7, 11) is 0. The van der Waals surface area contributed by atoms with Crippen LogP contribution < -0.4 is 21.3 Å². The van der Waals surface area contributed by atoms with Crippen LogP contribution in [0.1, 0.15) is 66.0 Å². The largest absolute Gasteiger partial charge is 0.478 e. The van der Waals surface area contributed by atoms with E-state index in [0.29, 0.717) is 67.4 Å². The number of anilines is 1. The van der Waals surface area contributed by atoms with E-state index in [2.05, 4.69) is 33.6 Å². The molecule has 4 rings (SSSR count). The zero-order valence-corrected chi connectivity index (χ0v) is 31.7. The molecule has 12 nitrogen and oxygen atoms in total. The lowest BCUT2D eigenvalue weighted by molar-refractivity contribution is 0.0486. The lowest BCUT2D eigenvalue weighted by atomic mass is 9.88. The molecule has 1 aliphatic carbocycles. The molecule has 4 N–H and O–H groups in total. The molecular weight excluding hydrogens is 685 g/mol. The molecule has 0 spiro atoms. The molecule has 0 radical (unpaired) electrons. The Bertz CT molecular complexity index is 1920. The number of thiol groups is 1. The van der Waals surface area contributed by atoms with Crippen molar-refractivity contribution in [2.45, 2.75) is 52.7 Å². The summed E-state index contributed by atoms with van der Waals surface area (Å²) >= 11 is 4.40. The molecule has 0 atom stereocenters. The minimum atomic E-state index is -1.11. The van der Waals surface area contributed by atoms with Crippen molar-refractivity contribution in [3.05, 3.63) is 70.1 Å². The molecule has 2 amide bonds. The zero-order chi connectivity index (χ0) is 37.8. The Morgan fingerprint density at radius 2 is 1.60 bits per heavy atom. The molecule has 2 aromatic carbocycles. The van der Waals surface area contributed by atoms with Crippen molar-refractivity contribution in [1.82, 2.24) is 10.6 Å². The third-order valence-electron chi connectivity index (χ3n) is 8.23. The fourth-order valence-corrected chi connectivity index (χ4v) is 5.70. The second kappa shape index (κ2) is 18.8. The fraction of sp³-hybridized carbons (Fsp3) is 0.436. The molecular formula is C39H50N4O8S. The van der Waals surface area contributed by atoms with Gasteiger partial charge in [-0.1, -0.05) is 13.8 Å². The zero-order valence-electron chi connectivity index (χ0n) is 30.8. The molecule has 0 bridgehead atoms. The molecule has 280 valence electrons. The lowest BCUT2D eigenvalue weighted by Gasteiger charge is -2.20. The Kier molecular flexibility index (Phi) is 14.5. The summed E-state index contributed by atoms with van der Waals surface area (Å²) in [6, 6.07) is 12.4. The first kappa shape index (κ1) is 40.2. The first-order valence-electron chi connectivity index (χ1n) is 17.5. The Labute approximate surface area is 310 Å². The second-order valence-electron chi connectivity index (χ2n) is 13.0. The number of benzene rings is 3. The highest BCUT2D eigenvalue weighted by molar-refractivity contribution is 7.81. The number of aryl methyl sites for hydroxylation is 2. The van der Waals surface area contributed by atoms with Crippen molar-refractivity contribution in [2.75, 3.05) is 64.5 Å². The van der Waals surface area contributed by atoms with Crippen LogP contribution in [0.2, 0.25) is 0 Å². The molecule has 2 aromatic rings. The van der Waals surface area contributed by atoms with Gasteiger partial charge in [-0.2, -0.15) is 12.6 Å². The molecule has 2 aliphatic rings. The Balaban J connectivity index is 1.45. The molecule has 13 heteroatoms. The van der Waals surface area contributed by atoms with Gasteiger partial charge >= 0.3 is 12.1 Å². The minimum absolute atomic E-state index is 0.0618. The third kappa shape index (κ3) is 11.0. The number of rotatable bonds is 18. The molecule has 1 heterocycles. The number of alkyl carbamates (subject to hydrolysis) is 1. The molecule has 52 heavy (non-hydrogen) atoms. The smallest absolute Gasteiger partial charge is 0.407 e. The van der Waals surface area contributed by atoms with Crippen LogP contribution in [0.5, 0.6) is 0 Å². The number of hydrogen-bond donors (Lipinski definition) is 5. The average Bonchev–Trinajstić information content (AvgIpc) is 3.08. The van der Waals surface area contributed by atoms with E-state index < -0.39 is 12.1 Å². The van der Waals surface area contributed by atoms with Gasteiger partial charge in [0.15, 0.2) is 0 Å².